The Bertz CT molecular complexity index is 910. The maximum absolute atomic E-state index is 13.4. The average Bonchev–Trinajstić information content (AvgIpc) is 2.67. The largest absolute Gasteiger partial charge is 0.494 e. The molecule has 1 amide bonds. The van der Waals surface area contributed by atoms with E-state index in [0.29, 0.717) is 23.5 Å². The number of anilines is 1. The van der Waals surface area contributed by atoms with Crippen molar-refractivity contribution in [3.05, 3.63) is 59.4 Å². The SMILES string of the molecule is CCOc1ccc(C(=O)[C@H](C)OC(=O)[C@@H]2CC(=O)Nc3cc(F)ccc32)cc1. The predicted octanol–water partition coefficient (Wildman–Crippen LogP) is 3.46. The van der Waals surface area contributed by atoms with Crippen LogP contribution in [0, 0.1) is 5.82 Å². The number of fused-ring (bicyclic) bond motifs is 1. The molecule has 1 N–H and O–H groups in total. The molecule has 0 aliphatic carbocycles. The molecule has 0 fully saturated rings. The maximum Gasteiger partial charge on any atom is 0.314 e. The lowest BCUT2D eigenvalue weighted by Gasteiger charge is -2.25. The third kappa shape index (κ3) is 4.19. The number of nitrogens with one attached hydrogen (secondary N) is 1. The van der Waals surface area contributed by atoms with Crippen LogP contribution in [0.3, 0.4) is 0 Å². The van der Waals surface area contributed by atoms with Gasteiger partial charge in [-0.1, -0.05) is 6.07 Å². The van der Waals surface area contributed by atoms with Crippen molar-refractivity contribution in [1.82, 2.24) is 0 Å². The van der Waals surface area contributed by atoms with E-state index in [1.54, 1.807) is 24.3 Å². The molecule has 0 bridgehead atoms. The number of esters is 1. The highest BCUT2D eigenvalue weighted by Crippen LogP contribution is 2.34. The molecule has 2 atom stereocenters. The lowest BCUT2D eigenvalue weighted by atomic mass is 9.90. The van der Waals surface area contributed by atoms with Crippen LogP contribution in [0.1, 0.15) is 42.1 Å². The summed E-state index contributed by atoms with van der Waals surface area (Å²) in [5.41, 5.74) is 1.09. The molecule has 28 heavy (non-hydrogen) atoms. The zero-order valence-corrected chi connectivity index (χ0v) is 15.5. The van der Waals surface area contributed by atoms with E-state index >= 15 is 0 Å². The topological polar surface area (TPSA) is 81.7 Å². The molecular formula is C21H20FNO5. The van der Waals surface area contributed by atoms with E-state index in [9.17, 15) is 18.8 Å². The molecule has 0 unspecified atom stereocenters. The number of carbonyl (C=O) groups excluding carboxylic acids is 3. The van der Waals surface area contributed by atoms with E-state index in [1.807, 2.05) is 6.92 Å². The summed E-state index contributed by atoms with van der Waals surface area (Å²) in [5, 5.41) is 2.54. The quantitative estimate of drug-likeness (QED) is 0.608. The molecule has 6 nitrogen and oxygen atoms in total. The van der Waals surface area contributed by atoms with Crippen LogP contribution in [0.4, 0.5) is 10.1 Å². The highest BCUT2D eigenvalue weighted by molar-refractivity contribution is 6.02. The van der Waals surface area contributed by atoms with E-state index in [2.05, 4.69) is 5.32 Å². The molecule has 1 aliphatic rings. The van der Waals surface area contributed by atoms with Crippen molar-refractivity contribution in [2.75, 3.05) is 11.9 Å². The number of amides is 1. The summed E-state index contributed by atoms with van der Waals surface area (Å²) in [5.74, 6) is -2.25. The summed E-state index contributed by atoms with van der Waals surface area (Å²) in [6.07, 6.45) is -1.15. The van der Waals surface area contributed by atoms with Gasteiger partial charge in [0.2, 0.25) is 11.7 Å². The van der Waals surface area contributed by atoms with E-state index in [-0.39, 0.29) is 17.9 Å². The van der Waals surface area contributed by atoms with Gasteiger partial charge in [0.05, 0.1) is 12.5 Å². The number of hydrogen-bond donors (Lipinski definition) is 1. The van der Waals surface area contributed by atoms with Crippen LogP contribution in [-0.2, 0) is 14.3 Å². The van der Waals surface area contributed by atoms with E-state index in [1.165, 1.54) is 19.1 Å². The number of Topliss-reactive ketones (excluding diaryl/α,β-unsaturated/α-hetero) is 1. The molecule has 0 saturated heterocycles. The lowest BCUT2D eigenvalue weighted by molar-refractivity contribution is -0.149. The van der Waals surface area contributed by atoms with Crippen LogP contribution < -0.4 is 10.1 Å². The van der Waals surface area contributed by atoms with Gasteiger partial charge in [0, 0.05) is 17.7 Å². The van der Waals surface area contributed by atoms with Gasteiger partial charge in [-0.05, 0) is 55.8 Å². The van der Waals surface area contributed by atoms with Gasteiger partial charge in [-0.3, -0.25) is 14.4 Å². The molecule has 0 saturated carbocycles. The van der Waals surface area contributed by atoms with Crippen LogP contribution >= 0.6 is 0 Å². The Morgan fingerprint density at radius 3 is 2.61 bits per heavy atom. The molecule has 3 rings (SSSR count). The highest BCUT2D eigenvalue weighted by atomic mass is 19.1. The van der Waals surface area contributed by atoms with Crippen LogP contribution in [0.2, 0.25) is 0 Å². The number of ketones is 1. The van der Waals surface area contributed by atoms with Gasteiger partial charge < -0.3 is 14.8 Å². The minimum Gasteiger partial charge on any atom is -0.494 e. The van der Waals surface area contributed by atoms with Gasteiger partial charge in [0.1, 0.15) is 11.6 Å². The number of halogens is 1. The molecule has 1 aliphatic heterocycles. The van der Waals surface area contributed by atoms with Crippen molar-refractivity contribution in [1.29, 1.82) is 0 Å². The molecule has 0 radical (unpaired) electrons. The fraction of sp³-hybridized carbons (Fsp3) is 0.286. The Morgan fingerprint density at radius 2 is 1.93 bits per heavy atom. The molecular weight excluding hydrogens is 365 g/mol. The maximum atomic E-state index is 13.4. The summed E-state index contributed by atoms with van der Waals surface area (Å²) in [6, 6.07) is 10.3. The smallest absolute Gasteiger partial charge is 0.314 e. The molecule has 0 aromatic heterocycles. The predicted molar refractivity (Wildman–Crippen MR) is 99.9 cm³/mol. The molecule has 7 heteroatoms. The van der Waals surface area contributed by atoms with Crippen molar-refractivity contribution in [2.45, 2.75) is 32.3 Å². The van der Waals surface area contributed by atoms with Crippen molar-refractivity contribution < 1.29 is 28.2 Å². The number of carbonyl (C=O) groups is 3. The zero-order chi connectivity index (χ0) is 20.3. The summed E-state index contributed by atoms with van der Waals surface area (Å²) < 4.78 is 24.1. The van der Waals surface area contributed by atoms with Gasteiger partial charge in [0.25, 0.3) is 0 Å². The van der Waals surface area contributed by atoms with E-state index in [0.717, 1.165) is 6.07 Å². The highest BCUT2D eigenvalue weighted by Gasteiger charge is 2.34. The third-order valence-electron chi connectivity index (χ3n) is 4.45. The summed E-state index contributed by atoms with van der Waals surface area (Å²) >= 11 is 0. The van der Waals surface area contributed by atoms with Crippen LogP contribution in [-0.4, -0.2) is 30.4 Å². The van der Waals surface area contributed by atoms with Gasteiger partial charge in [-0.2, -0.15) is 0 Å². The Morgan fingerprint density at radius 1 is 1.21 bits per heavy atom. The Balaban J connectivity index is 1.72. The molecule has 2 aromatic carbocycles. The first-order valence-corrected chi connectivity index (χ1v) is 8.96. The number of rotatable bonds is 6. The van der Waals surface area contributed by atoms with Crippen LogP contribution in [0.25, 0.3) is 0 Å². The fourth-order valence-electron chi connectivity index (χ4n) is 3.07. The fourth-order valence-corrected chi connectivity index (χ4v) is 3.07. The van der Waals surface area contributed by atoms with Crippen LogP contribution in [0.15, 0.2) is 42.5 Å². The number of ether oxygens (including phenoxy) is 2. The first-order chi connectivity index (χ1) is 13.4. The number of hydrogen-bond acceptors (Lipinski definition) is 5. The third-order valence-corrected chi connectivity index (χ3v) is 4.45. The average molecular weight is 385 g/mol. The summed E-state index contributed by atoms with van der Waals surface area (Å²) in [7, 11) is 0. The van der Waals surface area contributed by atoms with Crippen molar-refractivity contribution in [3.63, 3.8) is 0 Å². The standard InChI is InChI=1S/C21H20FNO5/c1-3-27-15-7-4-13(5-8-15)20(25)12(2)28-21(26)17-11-19(24)23-18-10-14(22)6-9-16(17)18/h4-10,12,17H,3,11H2,1-2H3,(H,23,24)/t12-,17+/m0/s1. The molecule has 146 valence electrons. The number of benzene rings is 2. The Hall–Kier alpha value is -3.22. The van der Waals surface area contributed by atoms with E-state index < -0.39 is 29.7 Å². The second-order valence-electron chi connectivity index (χ2n) is 6.44. The molecule has 2 aromatic rings. The first kappa shape index (κ1) is 19.5. The molecule has 1 heterocycles. The molecule has 0 spiro atoms. The summed E-state index contributed by atoms with van der Waals surface area (Å²) in [4.78, 5) is 37.0. The first-order valence-electron chi connectivity index (χ1n) is 8.96. The second-order valence-corrected chi connectivity index (χ2v) is 6.44. The van der Waals surface area contributed by atoms with Crippen molar-refractivity contribution in [3.8, 4) is 5.75 Å². The normalized spacial score (nSPS) is 16.5. The monoisotopic (exact) mass is 385 g/mol. The lowest BCUT2D eigenvalue weighted by Crippen LogP contribution is -2.32. The van der Waals surface area contributed by atoms with E-state index in [4.69, 9.17) is 9.47 Å². The van der Waals surface area contributed by atoms with Gasteiger partial charge >= 0.3 is 5.97 Å². The van der Waals surface area contributed by atoms with Crippen LogP contribution in [0.5, 0.6) is 5.75 Å². The Labute approximate surface area is 161 Å². The van der Waals surface area contributed by atoms with Gasteiger partial charge in [0.15, 0.2) is 6.10 Å². The summed E-state index contributed by atoms with van der Waals surface area (Å²) in [6.45, 7) is 3.85. The second kappa shape index (κ2) is 8.21. The zero-order valence-electron chi connectivity index (χ0n) is 15.5. The Kier molecular flexibility index (Phi) is 5.73. The minimum absolute atomic E-state index is 0.124. The van der Waals surface area contributed by atoms with Crippen molar-refractivity contribution in [2.24, 2.45) is 0 Å². The minimum atomic E-state index is -1.03. The van der Waals surface area contributed by atoms with Gasteiger partial charge in [-0.25, -0.2) is 4.39 Å². The van der Waals surface area contributed by atoms with Gasteiger partial charge in [-0.15, -0.1) is 0 Å². The van der Waals surface area contributed by atoms with Crippen molar-refractivity contribution >= 4 is 23.3 Å².